The van der Waals surface area contributed by atoms with Gasteiger partial charge in [0.2, 0.25) is 0 Å². The van der Waals surface area contributed by atoms with Gasteiger partial charge in [0.05, 0.1) is 19.3 Å². The molecule has 1 aromatic carbocycles. The summed E-state index contributed by atoms with van der Waals surface area (Å²) < 4.78 is 6.18. The van der Waals surface area contributed by atoms with Crippen LogP contribution in [0.25, 0.3) is 0 Å². The van der Waals surface area contributed by atoms with E-state index in [2.05, 4.69) is 56.3 Å². The summed E-state index contributed by atoms with van der Waals surface area (Å²) in [5.74, 6) is 0.393. The van der Waals surface area contributed by atoms with Gasteiger partial charge in [-0.2, -0.15) is 0 Å². The molecule has 1 aromatic rings. The molecular weight excluding hydrogens is 262 g/mol. The van der Waals surface area contributed by atoms with Crippen molar-refractivity contribution in [2.24, 2.45) is 11.3 Å². The summed E-state index contributed by atoms with van der Waals surface area (Å²) in [4.78, 5) is 2.11. The van der Waals surface area contributed by atoms with E-state index in [-0.39, 0.29) is 18.1 Å². The maximum absolute atomic E-state index is 9.72. The van der Waals surface area contributed by atoms with E-state index in [1.807, 2.05) is 0 Å². The predicted octanol–water partition coefficient (Wildman–Crippen LogP) is 3.16. The van der Waals surface area contributed by atoms with Gasteiger partial charge in [0.25, 0.3) is 0 Å². The van der Waals surface area contributed by atoms with Crippen LogP contribution in [0.15, 0.2) is 35.9 Å². The van der Waals surface area contributed by atoms with Crippen LogP contribution in [0, 0.1) is 11.3 Å². The first-order valence-electron chi connectivity index (χ1n) is 7.71. The number of rotatable bonds is 3. The topological polar surface area (TPSA) is 32.7 Å². The third-order valence-electron chi connectivity index (χ3n) is 5.10. The van der Waals surface area contributed by atoms with Gasteiger partial charge in [0.15, 0.2) is 0 Å². The normalized spacial score (nSPS) is 31.7. The summed E-state index contributed by atoms with van der Waals surface area (Å²) in [6, 6.07) is 8.64. The number of aliphatic hydroxyl groups excluding tert-OH is 1. The lowest BCUT2D eigenvalue weighted by molar-refractivity contribution is -0.113. The monoisotopic (exact) mass is 287 g/mol. The maximum Gasteiger partial charge on any atom is 0.0890 e. The van der Waals surface area contributed by atoms with Gasteiger partial charge in [-0.3, -0.25) is 0 Å². The molecule has 1 aliphatic carbocycles. The summed E-state index contributed by atoms with van der Waals surface area (Å²) in [6.07, 6.45) is 4.40. The van der Waals surface area contributed by atoms with Crippen LogP contribution in [0.1, 0.15) is 31.4 Å². The van der Waals surface area contributed by atoms with Crippen LogP contribution in [-0.4, -0.2) is 32.4 Å². The first kappa shape index (κ1) is 14.6. The maximum atomic E-state index is 9.72. The van der Waals surface area contributed by atoms with Crippen molar-refractivity contribution >= 4 is 5.69 Å². The molecule has 114 valence electrons. The molecule has 0 radical (unpaired) electrons. The zero-order valence-electron chi connectivity index (χ0n) is 13.2. The molecule has 3 rings (SSSR count). The summed E-state index contributed by atoms with van der Waals surface area (Å²) >= 11 is 0. The lowest BCUT2D eigenvalue weighted by Gasteiger charge is -2.47. The smallest absolute Gasteiger partial charge is 0.0890 e. The van der Waals surface area contributed by atoms with Crippen molar-refractivity contribution in [1.29, 1.82) is 0 Å². The number of hydrogen-bond donors (Lipinski definition) is 1. The zero-order chi connectivity index (χ0) is 15.0. The van der Waals surface area contributed by atoms with Gasteiger partial charge in [-0.05, 0) is 37.5 Å². The molecule has 1 N–H and O–H groups in total. The van der Waals surface area contributed by atoms with Crippen molar-refractivity contribution in [2.75, 3.05) is 32.2 Å². The minimum Gasteiger partial charge on any atom is -0.396 e. The van der Waals surface area contributed by atoms with Crippen molar-refractivity contribution in [2.45, 2.75) is 25.9 Å². The van der Waals surface area contributed by atoms with E-state index in [0.717, 1.165) is 12.8 Å². The Labute approximate surface area is 127 Å². The number of fused-ring (bicyclic) bond motifs is 2. The number of ether oxygens (including phenoxy) is 1. The molecule has 2 aliphatic rings. The summed E-state index contributed by atoms with van der Waals surface area (Å²) in [6.45, 7) is 3.07. The van der Waals surface area contributed by atoms with Gasteiger partial charge in [0, 0.05) is 31.1 Å². The van der Waals surface area contributed by atoms with Crippen LogP contribution >= 0.6 is 0 Å². The van der Waals surface area contributed by atoms with E-state index in [4.69, 9.17) is 4.74 Å². The van der Waals surface area contributed by atoms with E-state index in [1.54, 1.807) is 0 Å². The molecule has 21 heavy (non-hydrogen) atoms. The number of benzene rings is 1. The first-order chi connectivity index (χ1) is 10.0. The molecule has 3 nitrogen and oxygen atoms in total. The Morgan fingerprint density at radius 2 is 2.00 bits per heavy atom. The van der Waals surface area contributed by atoms with Crippen LogP contribution in [0.4, 0.5) is 5.69 Å². The minimum absolute atomic E-state index is 0.0513. The van der Waals surface area contributed by atoms with Crippen molar-refractivity contribution in [1.82, 2.24) is 0 Å². The molecule has 0 saturated carbocycles. The lowest BCUT2D eigenvalue weighted by Crippen LogP contribution is -2.43. The molecule has 1 heterocycles. The molecule has 1 saturated heterocycles. The number of hydrogen-bond acceptors (Lipinski definition) is 3. The number of nitrogens with zero attached hydrogens (tertiary/aromatic N) is 1. The minimum atomic E-state index is -0.0513. The van der Waals surface area contributed by atoms with E-state index < -0.39 is 0 Å². The fourth-order valence-electron chi connectivity index (χ4n) is 3.55. The predicted molar refractivity (Wildman–Crippen MR) is 85.5 cm³/mol. The Morgan fingerprint density at radius 3 is 2.62 bits per heavy atom. The number of aliphatic hydroxyl groups is 1. The highest BCUT2D eigenvalue weighted by Crippen LogP contribution is 2.50. The van der Waals surface area contributed by atoms with Gasteiger partial charge >= 0.3 is 0 Å². The molecule has 0 spiro atoms. The third kappa shape index (κ3) is 2.60. The summed E-state index contributed by atoms with van der Waals surface area (Å²) in [7, 11) is 4.10. The molecule has 1 fully saturated rings. The highest BCUT2D eigenvalue weighted by molar-refractivity contribution is 5.46. The summed E-state index contributed by atoms with van der Waals surface area (Å²) in [5.41, 5.74) is 3.80. The fraction of sp³-hybridized carbons (Fsp3) is 0.556. The van der Waals surface area contributed by atoms with Crippen LogP contribution < -0.4 is 4.90 Å². The van der Waals surface area contributed by atoms with E-state index in [1.165, 1.54) is 16.8 Å². The van der Waals surface area contributed by atoms with Gasteiger partial charge in [0.1, 0.15) is 0 Å². The van der Waals surface area contributed by atoms with E-state index in [9.17, 15) is 5.11 Å². The lowest BCUT2D eigenvalue weighted by atomic mass is 9.67. The standard InChI is InChI=1S/C18H25NO2/c1-13-8-9-18(11-20)10-16(13)17(21-12-18)14-4-6-15(7-5-14)19(2)3/h4-8,16-17,20H,9-12H2,1-3H3/t16-,17+,18+/m0/s1. The van der Waals surface area contributed by atoms with E-state index in [0.29, 0.717) is 12.5 Å². The fourth-order valence-corrected chi connectivity index (χ4v) is 3.55. The highest BCUT2D eigenvalue weighted by atomic mass is 16.5. The number of anilines is 1. The molecule has 0 aromatic heterocycles. The molecule has 1 aliphatic heterocycles. The Balaban J connectivity index is 1.86. The van der Waals surface area contributed by atoms with E-state index >= 15 is 0 Å². The van der Waals surface area contributed by atoms with Crippen molar-refractivity contribution < 1.29 is 9.84 Å². The molecule has 2 bridgehead atoms. The second-order valence-electron chi connectivity index (χ2n) is 6.84. The molecule has 0 unspecified atom stereocenters. The molecule has 0 amide bonds. The SMILES string of the molecule is CC1=CC[C@@]2(CO)CO[C@H](c3ccc(N(C)C)cc3)[C@H]1C2. The molecule has 3 heteroatoms. The first-order valence-corrected chi connectivity index (χ1v) is 7.71. The second-order valence-corrected chi connectivity index (χ2v) is 6.84. The van der Waals surface area contributed by atoms with Crippen LogP contribution in [0.2, 0.25) is 0 Å². The average Bonchev–Trinajstić information content (AvgIpc) is 2.52. The largest absolute Gasteiger partial charge is 0.396 e. The average molecular weight is 287 g/mol. The highest BCUT2D eigenvalue weighted by Gasteiger charge is 2.44. The van der Waals surface area contributed by atoms with Crippen LogP contribution in [0.3, 0.4) is 0 Å². The van der Waals surface area contributed by atoms with Crippen molar-refractivity contribution in [3.05, 3.63) is 41.5 Å². The van der Waals surface area contributed by atoms with Crippen molar-refractivity contribution in [3.63, 3.8) is 0 Å². The third-order valence-corrected chi connectivity index (χ3v) is 5.10. The number of allylic oxidation sites excluding steroid dienone is 1. The van der Waals surface area contributed by atoms with Gasteiger partial charge < -0.3 is 14.7 Å². The Kier molecular flexibility index (Phi) is 3.80. The summed E-state index contributed by atoms with van der Waals surface area (Å²) in [5, 5.41) is 9.72. The quantitative estimate of drug-likeness (QED) is 0.867. The molecule has 3 atom stereocenters. The zero-order valence-corrected chi connectivity index (χ0v) is 13.2. The Hall–Kier alpha value is -1.32. The second kappa shape index (κ2) is 5.47. The van der Waals surface area contributed by atoms with Crippen LogP contribution in [-0.2, 0) is 4.74 Å². The van der Waals surface area contributed by atoms with Crippen molar-refractivity contribution in [3.8, 4) is 0 Å². The van der Waals surface area contributed by atoms with Gasteiger partial charge in [-0.15, -0.1) is 0 Å². The van der Waals surface area contributed by atoms with Gasteiger partial charge in [-0.1, -0.05) is 23.8 Å². The Bertz CT molecular complexity index is 535. The van der Waals surface area contributed by atoms with Crippen LogP contribution in [0.5, 0.6) is 0 Å². The Morgan fingerprint density at radius 1 is 1.29 bits per heavy atom. The molecular formula is C18H25NO2. The van der Waals surface area contributed by atoms with Gasteiger partial charge in [-0.25, -0.2) is 0 Å².